The molecule has 19 heavy (non-hydrogen) atoms. The van der Waals surface area contributed by atoms with Crippen molar-refractivity contribution in [3.05, 3.63) is 0 Å². The van der Waals surface area contributed by atoms with Gasteiger partial charge in [-0.2, -0.15) is 0 Å². The molecular weight excluding hydrogens is 270 g/mol. The monoisotopic (exact) mass is 289 g/mol. The number of thioether (sulfide) groups is 1. The minimum absolute atomic E-state index is 0.0579. The third-order valence-corrected chi connectivity index (χ3v) is 3.40. The van der Waals surface area contributed by atoms with Crippen molar-refractivity contribution in [1.82, 2.24) is 19.7 Å². The van der Waals surface area contributed by atoms with Gasteiger partial charge < -0.3 is 20.5 Å². The van der Waals surface area contributed by atoms with Crippen LogP contribution < -0.4 is 5.73 Å². The van der Waals surface area contributed by atoms with Crippen molar-refractivity contribution in [2.24, 2.45) is 0 Å². The highest BCUT2D eigenvalue weighted by molar-refractivity contribution is 7.99. The molecule has 0 aromatic carbocycles. The van der Waals surface area contributed by atoms with Crippen molar-refractivity contribution in [2.75, 3.05) is 45.3 Å². The molecular formula is C10H19N5O3S. The smallest absolute Gasteiger partial charge is 0.313 e. The van der Waals surface area contributed by atoms with Gasteiger partial charge in [-0.05, 0) is 7.05 Å². The van der Waals surface area contributed by atoms with Crippen molar-refractivity contribution in [3.8, 4) is 0 Å². The Morgan fingerprint density at radius 2 is 2.26 bits per heavy atom. The average Bonchev–Trinajstić information content (AvgIpc) is 2.72. The van der Waals surface area contributed by atoms with Gasteiger partial charge in [0.05, 0.1) is 12.4 Å². The molecule has 1 heterocycles. The third kappa shape index (κ3) is 5.45. The van der Waals surface area contributed by atoms with E-state index in [1.165, 1.54) is 0 Å². The summed E-state index contributed by atoms with van der Waals surface area (Å²) in [5, 5.41) is 16.8. The fraction of sp³-hybridized carbons (Fsp3) is 0.700. The van der Waals surface area contributed by atoms with Gasteiger partial charge in [-0.1, -0.05) is 11.8 Å². The zero-order valence-corrected chi connectivity index (χ0v) is 11.9. The van der Waals surface area contributed by atoms with Crippen LogP contribution in [0.2, 0.25) is 0 Å². The number of rotatable bonds is 9. The van der Waals surface area contributed by atoms with E-state index in [4.69, 9.17) is 15.6 Å². The Bertz CT molecular complexity index is 412. The first-order valence-electron chi connectivity index (χ1n) is 5.75. The molecule has 1 aromatic heterocycles. The fourth-order valence-electron chi connectivity index (χ4n) is 1.37. The van der Waals surface area contributed by atoms with Crippen molar-refractivity contribution < 1.29 is 14.6 Å². The molecule has 0 atom stereocenters. The van der Waals surface area contributed by atoms with E-state index < -0.39 is 5.97 Å². The number of anilines is 1. The lowest BCUT2D eigenvalue weighted by atomic mass is 10.5. The minimum atomic E-state index is -0.893. The van der Waals surface area contributed by atoms with E-state index in [0.29, 0.717) is 24.3 Å². The van der Waals surface area contributed by atoms with Crippen LogP contribution in [0.4, 0.5) is 5.95 Å². The van der Waals surface area contributed by atoms with E-state index in [1.807, 2.05) is 7.05 Å². The number of carboxylic acid groups (broad SMARTS) is 1. The molecule has 0 saturated heterocycles. The normalized spacial score (nSPS) is 11.1. The van der Waals surface area contributed by atoms with Gasteiger partial charge in [0.2, 0.25) is 5.95 Å². The highest BCUT2D eigenvalue weighted by atomic mass is 32.2. The SMILES string of the molecule is COCCN(C)CCn1c(N)nnc1SCC(=O)O. The summed E-state index contributed by atoms with van der Waals surface area (Å²) in [6.45, 7) is 2.85. The molecule has 3 N–H and O–H groups in total. The van der Waals surface area contributed by atoms with Gasteiger partial charge in [0, 0.05) is 26.7 Å². The van der Waals surface area contributed by atoms with Crippen LogP contribution in [0.3, 0.4) is 0 Å². The van der Waals surface area contributed by atoms with Crippen LogP contribution in [0, 0.1) is 0 Å². The van der Waals surface area contributed by atoms with Crippen molar-refractivity contribution in [2.45, 2.75) is 11.7 Å². The first-order valence-corrected chi connectivity index (χ1v) is 6.74. The standard InChI is InChI=1S/C10H19N5O3S/c1-14(5-6-18-2)3-4-15-9(11)12-13-10(15)19-7-8(16)17/h3-7H2,1-2H3,(H2,11,12)(H,16,17). The zero-order chi connectivity index (χ0) is 14.3. The molecule has 1 aromatic rings. The first kappa shape index (κ1) is 15.7. The predicted octanol–water partition coefficient (Wildman–Crippen LogP) is -0.385. The molecule has 0 saturated carbocycles. The molecule has 0 aliphatic carbocycles. The lowest BCUT2D eigenvalue weighted by Crippen LogP contribution is -2.27. The second kappa shape index (κ2) is 7.97. The molecule has 0 bridgehead atoms. The topological polar surface area (TPSA) is 107 Å². The molecule has 1 rings (SSSR count). The summed E-state index contributed by atoms with van der Waals surface area (Å²) in [5.41, 5.74) is 5.72. The van der Waals surface area contributed by atoms with Crippen LogP contribution in [0.15, 0.2) is 5.16 Å². The van der Waals surface area contributed by atoms with Gasteiger partial charge in [-0.15, -0.1) is 10.2 Å². The minimum Gasteiger partial charge on any atom is -0.481 e. The Kier molecular flexibility index (Phi) is 6.60. The highest BCUT2D eigenvalue weighted by Gasteiger charge is 2.12. The van der Waals surface area contributed by atoms with Crippen LogP contribution in [0.1, 0.15) is 0 Å². The number of nitrogens with zero attached hydrogens (tertiary/aromatic N) is 4. The van der Waals surface area contributed by atoms with Crippen LogP contribution >= 0.6 is 11.8 Å². The van der Waals surface area contributed by atoms with Crippen molar-refractivity contribution in [1.29, 1.82) is 0 Å². The van der Waals surface area contributed by atoms with E-state index >= 15 is 0 Å². The number of nitrogens with two attached hydrogens (primary N) is 1. The van der Waals surface area contributed by atoms with Gasteiger partial charge in [0.15, 0.2) is 5.16 Å². The summed E-state index contributed by atoms with van der Waals surface area (Å²) >= 11 is 1.11. The van der Waals surface area contributed by atoms with Gasteiger partial charge in [0.25, 0.3) is 0 Å². The summed E-state index contributed by atoms with van der Waals surface area (Å²) in [6, 6.07) is 0. The molecule has 0 aliphatic rings. The van der Waals surface area contributed by atoms with Gasteiger partial charge in [-0.25, -0.2) is 0 Å². The molecule has 0 spiro atoms. The van der Waals surface area contributed by atoms with Crippen LogP contribution in [-0.4, -0.2) is 70.3 Å². The summed E-state index contributed by atoms with van der Waals surface area (Å²) in [7, 11) is 3.63. The maximum Gasteiger partial charge on any atom is 0.313 e. The Hall–Kier alpha value is -1.32. The number of carboxylic acids is 1. The average molecular weight is 289 g/mol. The molecule has 0 amide bonds. The number of nitrogen functional groups attached to an aromatic ring is 1. The lowest BCUT2D eigenvalue weighted by molar-refractivity contribution is -0.133. The summed E-state index contributed by atoms with van der Waals surface area (Å²) in [4.78, 5) is 12.6. The van der Waals surface area contributed by atoms with E-state index in [-0.39, 0.29) is 5.75 Å². The maximum atomic E-state index is 10.5. The number of hydrogen-bond acceptors (Lipinski definition) is 7. The van der Waals surface area contributed by atoms with Gasteiger partial charge >= 0.3 is 5.97 Å². The predicted molar refractivity (Wildman–Crippen MR) is 72.2 cm³/mol. The molecule has 0 aliphatic heterocycles. The quantitative estimate of drug-likeness (QED) is 0.592. The Labute approximate surface area is 115 Å². The van der Waals surface area contributed by atoms with E-state index in [1.54, 1.807) is 11.7 Å². The molecule has 9 heteroatoms. The number of ether oxygens (including phenoxy) is 1. The summed E-state index contributed by atoms with van der Waals surface area (Å²) < 4.78 is 6.71. The molecule has 8 nitrogen and oxygen atoms in total. The zero-order valence-electron chi connectivity index (χ0n) is 11.1. The number of carbonyl (C=O) groups is 1. The number of methoxy groups -OCH3 is 1. The van der Waals surface area contributed by atoms with Crippen LogP contribution in [-0.2, 0) is 16.1 Å². The molecule has 0 radical (unpaired) electrons. The highest BCUT2D eigenvalue weighted by Crippen LogP contribution is 2.17. The Morgan fingerprint density at radius 3 is 2.89 bits per heavy atom. The van der Waals surface area contributed by atoms with Crippen LogP contribution in [0.25, 0.3) is 0 Å². The van der Waals surface area contributed by atoms with E-state index in [2.05, 4.69) is 15.1 Å². The van der Waals surface area contributed by atoms with Crippen molar-refractivity contribution >= 4 is 23.7 Å². The Balaban J connectivity index is 2.52. The molecule has 0 unspecified atom stereocenters. The Morgan fingerprint density at radius 1 is 1.53 bits per heavy atom. The first-order chi connectivity index (χ1) is 9.04. The van der Waals surface area contributed by atoms with Crippen molar-refractivity contribution in [3.63, 3.8) is 0 Å². The maximum absolute atomic E-state index is 10.5. The number of aromatic nitrogens is 3. The summed E-state index contributed by atoms with van der Waals surface area (Å²) in [6.07, 6.45) is 0. The van der Waals surface area contributed by atoms with Gasteiger partial charge in [0.1, 0.15) is 0 Å². The molecule has 108 valence electrons. The number of likely N-dealkylation sites (N-methyl/N-ethyl adjacent to an activating group) is 1. The second-order valence-corrected chi connectivity index (χ2v) is 4.91. The fourth-order valence-corrected chi connectivity index (χ4v) is 2.06. The van der Waals surface area contributed by atoms with E-state index in [0.717, 1.165) is 24.9 Å². The van der Waals surface area contributed by atoms with Gasteiger partial charge in [-0.3, -0.25) is 9.36 Å². The molecule has 0 fully saturated rings. The van der Waals surface area contributed by atoms with Crippen LogP contribution in [0.5, 0.6) is 0 Å². The lowest BCUT2D eigenvalue weighted by Gasteiger charge is -2.17. The largest absolute Gasteiger partial charge is 0.481 e. The number of hydrogen-bond donors (Lipinski definition) is 2. The summed E-state index contributed by atoms with van der Waals surface area (Å²) in [5.74, 6) is -0.652. The third-order valence-electron chi connectivity index (χ3n) is 2.45. The number of aliphatic carboxylic acids is 1. The second-order valence-electron chi connectivity index (χ2n) is 3.97. The van der Waals surface area contributed by atoms with E-state index in [9.17, 15) is 4.79 Å².